The van der Waals surface area contributed by atoms with Crippen LogP contribution in [0.5, 0.6) is 0 Å². The van der Waals surface area contributed by atoms with Crippen LogP contribution >= 0.6 is 11.3 Å². The highest BCUT2D eigenvalue weighted by molar-refractivity contribution is 7.07. The van der Waals surface area contributed by atoms with Gasteiger partial charge in [0.05, 0.1) is 6.54 Å². The molecule has 1 aromatic rings. The summed E-state index contributed by atoms with van der Waals surface area (Å²) in [5.74, 6) is 0.369. The zero-order valence-electron chi connectivity index (χ0n) is 11.9. The van der Waals surface area contributed by atoms with E-state index in [0.717, 1.165) is 19.3 Å². The van der Waals surface area contributed by atoms with Crippen LogP contribution in [-0.2, 0) is 16.0 Å². The third-order valence-electron chi connectivity index (χ3n) is 4.46. The molecule has 3 rings (SSSR count). The number of carbonyl (C=O) groups excluding carboxylic acids is 2. The molecule has 4 nitrogen and oxygen atoms in total. The average Bonchev–Trinajstić information content (AvgIpc) is 3.14. The van der Waals surface area contributed by atoms with Gasteiger partial charge in [-0.3, -0.25) is 9.59 Å². The molecule has 0 bridgehead atoms. The summed E-state index contributed by atoms with van der Waals surface area (Å²) in [4.78, 5) is 26.5. The molecule has 1 aromatic heterocycles. The lowest BCUT2D eigenvalue weighted by molar-refractivity contribution is -0.152. The molecule has 2 heterocycles. The minimum Gasteiger partial charge on any atom is -0.340 e. The van der Waals surface area contributed by atoms with Crippen molar-refractivity contribution in [2.45, 2.75) is 44.7 Å². The molecular weight excluding hydrogens is 272 g/mol. The van der Waals surface area contributed by atoms with Crippen LogP contribution in [0.1, 0.15) is 32.3 Å². The number of carbonyl (C=O) groups is 2. The van der Waals surface area contributed by atoms with E-state index in [1.165, 1.54) is 5.56 Å². The maximum absolute atomic E-state index is 12.8. The molecule has 1 saturated carbocycles. The molecule has 2 aliphatic rings. The van der Waals surface area contributed by atoms with Crippen molar-refractivity contribution in [3.63, 3.8) is 0 Å². The molecule has 1 saturated heterocycles. The van der Waals surface area contributed by atoms with Crippen LogP contribution in [0.4, 0.5) is 0 Å². The van der Waals surface area contributed by atoms with E-state index >= 15 is 0 Å². The Labute approximate surface area is 123 Å². The summed E-state index contributed by atoms with van der Waals surface area (Å²) in [5.41, 5.74) is 0.549. The normalized spacial score (nSPS) is 28.4. The van der Waals surface area contributed by atoms with Gasteiger partial charge in [-0.1, -0.05) is 0 Å². The van der Waals surface area contributed by atoms with Gasteiger partial charge >= 0.3 is 0 Å². The lowest BCUT2D eigenvalue weighted by atomic mass is 9.90. The fraction of sp³-hybridized carbons (Fsp3) is 0.600. The van der Waals surface area contributed by atoms with Gasteiger partial charge in [-0.15, -0.1) is 0 Å². The van der Waals surface area contributed by atoms with Gasteiger partial charge in [0, 0.05) is 6.04 Å². The molecule has 0 aromatic carbocycles. The van der Waals surface area contributed by atoms with Crippen LogP contribution in [0.2, 0.25) is 0 Å². The number of rotatable bonds is 4. The number of nitrogens with one attached hydrogen (secondary N) is 1. The number of piperazine rings is 1. The summed E-state index contributed by atoms with van der Waals surface area (Å²) < 4.78 is 0. The topological polar surface area (TPSA) is 49.4 Å². The van der Waals surface area contributed by atoms with Crippen LogP contribution in [0.25, 0.3) is 0 Å². The lowest BCUT2D eigenvalue weighted by Gasteiger charge is -2.42. The Balaban J connectivity index is 1.77. The van der Waals surface area contributed by atoms with Gasteiger partial charge in [0.1, 0.15) is 5.54 Å². The van der Waals surface area contributed by atoms with E-state index in [0.29, 0.717) is 5.92 Å². The van der Waals surface area contributed by atoms with E-state index in [9.17, 15) is 9.59 Å². The quantitative estimate of drug-likeness (QED) is 0.920. The van der Waals surface area contributed by atoms with Crippen molar-refractivity contribution in [2.24, 2.45) is 5.92 Å². The molecule has 20 heavy (non-hydrogen) atoms. The highest BCUT2D eigenvalue weighted by atomic mass is 32.1. The number of nitrogens with zero attached hydrogens (tertiary/aromatic N) is 1. The lowest BCUT2D eigenvalue weighted by Crippen LogP contribution is -2.68. The van der Waals surface area contributed by atoms with Gasteiger partial charge in [0.15, 0.2) is 0 Å². The van der Waals surface area contributed by atoms with Crippen LogP contribution in [0.3, 0.4) is 0 Å². The molecule has 2 atom stereocenters. The predicted molar refractivity (Wildman–Crippen MR) is 78.5 cm³/mol. The zero-order valence-corrected chi connectivity index (χ0v) is 12.7. The first-order valence-electron chi connectivity index (χ1n) is 7.14. The smallest absolute Gasteiger partial charge is 0.249 e. The van der Waals surface area contributed by atoms with Gasteiger partial charge in [-0.05, 0) is 61.4 Å². The van der Waals surface area contributed by atoms with Gasteiger partial charge in [0.2, 0.25) is 11.8 Å². The SMILES string of the molecule is CC(Cc1ccsc1)N1CC(=O)NC(C)(C2CC2)C1=O. The first-order chi connectivity index (χ1) is 9.50. The first kappa shape index (κ1) is 13.6. The zero-order chi connectivity index (χ0) is 14.3. The molecule has 1 aliphatic heterocycles. The van der Waals surface area contributed by atoms with E-state index in [-0.39, 0.29) is 24.4 Å². The van der Waals surface area contributed by atoms with Crippen molar-refractivity contribution in [3.8, 4) is 0 Å². The number of hydrogen-bond donors (Lipinski definition) is 1. The van der Waals surface area contributed by atoms with Crippen molar-refractivity contribution in [3.05, 3.63) is 22.4 Å². The van der Waals surface area contributed by atoms with Crippen molar-refractivity contribution in [1.29, 1.82) is 0 Å². The molecule has 2 unspecified atom stereocenters. The van der Waals surface area contributed by atoms with Gasteiger partial charge in [-0.2, -0.15) is 11.3 Å². The van der Waals surface area contributed by atoms with Gasteiger partial charge < -0.3 is 10.2 Å². The van der Waals surface area contributed by atoms with Crippen LogP contribution in [0.15, 0.2) is 16.8 Å². The number of thiophene rings is 1. The number of amides is 2. The molecule has 1 N–H and O–H groups in total. The summed E-state index contributed by atoms with van der Waals surface area (Å²) in [5, 5.41) is 7.07. The highest BCUT2D eigenvalue weighted by Gasteiger charge is 2.53. The molecule has 108 valence electrons. The molecule has 2 fully saturated rings. The molecule has 1 aliphatic carbocycles. The minimum atomic E-state index is -0.682. The number of hydrogen-bond acceptors (Lipinski definition) is 3. The fourth-order valence-corrected chi connectivity index (χ4v) is 3.74. The molecular formula is C15H20N2O2S. The van der Waals surface area contributed by atoms with Crippen LogP contribution in [0, 0.1) is 5.92 Å². The van der Waals surface area contributed by atoms with E-state index < -0.39 is 5.54 Å². The average molecular weight is 292 g/mol. The van der Waals surface area contributed by atoms with E-state index in [1.807, 2.05) is 19.2 Å². The van der Waals surface area contributed by atoms with Crippen LogP contribution in [-0.4, -0.2) is 34.8 Å². The van der Waals surface area contributed by atoms with Crippen molar-refractivity contribution in [1.82, 2.24) is 10.2 Å². The Morgan fingerprint density at radius 2 is 2.25 bits per heavy atom. The Bertz CT molecular complexity index is 524. The standard InChI is InChI=1S/C15H20N2O2S/c1-10(7-11-5-6-20-9-11)17-8-13(18)16-15(2,14(17)19)12-3-4-12/h5-6,9-10,12H,3-4,7-8H2,1-2H3,(H,16,18). The second kappa shape index (κ2) is 4.88. The Hall–Kier alpha value is -1.36. The molecule has 2 amide bonds. The molecule has 5 heteroatoms. The largest absolute Gasteiger partial charge is 0.340 e. The maximum Gasteiger partial charge on any atom is 0.249 e. The van der Waals surface area contributed by atoms with E-state index in [1.54, 1.807) is 16.2 Å². The minimum absolute atomic E-state index is 0.0313. The Morgan fingerprint density at radius 1 is 1.50 bits per heavy atom. The van der Waals surface area contributed by atoms with Gasteiger partial charge in [-0.25, -0.2) is 0 Å². The van der Waals surface area contributed by atoms with Crippen molar-refractivity contribution >= 4 is 23.2 Å². The maximum atomic E-state index is 12.8. The van der Waals surface area contributed by atoms with E-state index in [4.69, 9.17) is 0 Å². The highest BCUT2D eigenvalue weighted by Crippen LogP contribution is 2.41. The third-order valence-corrected chi connectivity index (χ3v) is 5.19. The Kier molecular flexibility index (Phi) is 3.32. The third kappa shape index (κ3) is 2.35. The predicted octanol–water partition coefficient (Wildman–Crippen LogP) is 1.81. The Morgan fingerprint density at radius 3 is 2.85 bits per heavy atom. The fourth-order valence-electron chi connectivity index (χ4n) is 3.06. The monoisotopic (exact) mass is 292 g/mol. The summed E-state index contributed by atoms with van der Waals surface area (Å²) in [6.45, 7) is 4.10. The van der Waals surface area contributed by atoms with Crippen molar-refractivity contribution in [2.75, 3.05) is 6.54 Å². The van der Waals surface area contributed by atoms with Gasteiger partial charge in [0.25, 0.3) is 0 Å². The molecule has 0 spiro atoms. The molecule has 0 radical (unpaired) electrons. The van der Waals surface area contributed by atoms with E-state index in [2.05, 4.69) is 16.8 Å². The van der Waals surface area contributed by atoms with Crippen LogP contribution < -0.4 is 5.32 Å². The second-order valence-electron chi connectivity index (χ2n) is 6.14. The second-order valence-corrected chi connectivity index (χ2v) is 6.92. The summed E-state index contributed by atoms with van der Waals surface area (Å²) >= 11 is 1.66. The first-order valence-corrected chi connectivity index (χ1v) is 8.08. The summed E-state index contributed by atoms with van der Waals surface area (Å²) in [6, 6.07) is 2.14. The van der Waals surface area contributed by atoms with Crippen molar-refractivity contribution < 1.29 is 9.59 Å². The summed E-state index contributed by atoms with van der Waals surface area (Å²) in [6.07, 6.45) is 2.88. The summed E-state index contributed by atoms with van der Waals surface area (Å²) in [7, 11) is 0.